The third-order valence-corrected chi connectivity index (χ3v) is 5.21. The number of hydrogen-bond donors (Lipinski definition) is 1. The van der Waals surface area contributed by atoms with Crippen LogP contribution in [-0.4, -0.2) is 31.1 Å². The fourth-order valence-corrected chi connectivity index (χ4v) is 4.01. The normalized spacial score (nSPS) is 33.2. The SMILES string of the molecule is CC1CCCC(N(C)CC2(CN)CCCC2)C1. The molecule has 17 heavy (non-hydrogen) atoms. The van der Waals surface area contributed by atoms with Crippen molar-refractivity contribution in [3.05, 3.63) is 0 Å². The third kappa shape index (κ3) is 3.23. The number of rotatable bonds is 4. The van der Waals surface area contributed by atoms with E-state index in [0.717, 1.165) is 18.5 Å². The Morgan fingerprint density at radius 2 is 1.88 bits per heavy atom. The molecule has 2 saturated carbocycles. The molecule has 0 aromatic carbocycles. The van der Waals surface area contributed by atoms with Crippen molar-refractivity contribution in [2.75, 3.05) is 20.1 Å². The molecule has 0 spiro atoms. The second-order valence-corrected chi connectivity index (χ2v) is 6.75. The lowest BCUT2D eigenvalue weighted by atomic mass is 9.82. The van der Waals surface area contributed by atoms with Crippen molar-refractivity contribution in [2.24, 2.45) is 17.1 Å². The van der Waals surface area contributed by atoms with Crippen LogP contribution in [0.25, 0.3) is 0 Å². The average molecular weight is 238 g/mol. The van der Waals surface area contributed by atoms with Crippen LogP contribution in [0.4, 0.5) is 0 Å². The molecule has 2 heteroatoms. The van der Waals surface area contributed by atoms with E-state index in [1.807, 2.05) is 0 Å². The lowest BCUT2D eigenvalue weighted by Gasteiger charge is -2.39. The van der Waals surface area contributed by atoms with Gasteiger partial charge in [0.2, 0.25) is 0 Å². The molecule has 2 fully saturated rings. The van der Waals surface area contributed by atoms with Gasteiger partial charge in [0.1, 0.15) is 0 Å². The highest BCUT2D eigenvalue weighted by Crippen LogP contribution is 2.39. The first-order valence-electron chi connectivity index (χ1n) is 7.55. The molecule has 0 aromatic heterocycles. The zero-order valence-electron chi connectivity index (χ0n) is 11.8. The van der Waals surface area contributed by atoms with Crippen LogP contribution in [0.2, 0.25) is 0 Å². The minimum absolute atomic E-state index is 0.454. The monoisotopic (exact) mass is 238 g/mol. The van der Waals surface area contributed by atoms with E-state index in [1.165, 1.54) is 57.9 Å². The first-order valence-corrected chi connectivity index (χ1v) is 7.55. The van der Waals surface area contributed by atoms with Crippen molar-refractivity contribution >= 4 is 0 Å². The molecule has 2 aliphatic rings. The van der Waals surface area contributed by atoms with Gasteiger partial charge in [0.15, 0.2) is 0 Å². The highest BCUT2D eigenvalue weighted by molar-refractivity contribution is 4.90. The topological polar surface area (TPSA) is 29.3 Å². The Balaban J connectivity index is 1.88. The molecule has 2 aliphatic carbocycles. The van der Waals surface area contributed by atoms with Crippen molar-refractivity contribution in [3.8, 4) is 0 Å². The van der Waals surface area contributed by atoms with E-state index in [4.69, 9.17) is 5.73 Å². The Kier molecular flexibility index (Phi) is 4.48. The van der Waals surface area contributed by atoms with Crippen LogP contribution >= 0.6 is 0 Å². The predicted octanol–water partition coefficient (Wildman–Crippen LogP) is 3.02. The summed E-state index contributed by atoms with van der Waals surface area (Å²) < 4.78 is 0. The van der Waals surface area contributed by atoms with E-state index in [-0.39, 0.29) is 0 Å². The lowest BCUT2D eigenvalue weighted by Crippen LogP contribution is -2.45. The van der Waals surface area contributed by atoms with E-state index >= 15 is 0 Å². The minimum atomic E-state index is 0.454. The standard InChI is InChI=1S/C15H30N2/c1-13-6-5-7-14(10-13)17(2)12-15(11-16)8-3-4-9-15/h13-14H,3-12,16H2,1-2H3. The molecule has 2 unspecified atom stereocenters. The minimum Gasteiger partial charge on any atom is -0.330 e. The molecule has 0 amide bonds. The predicted molar refractivity (Wildman–Crippen MR) is 74.0 cm³/mol. The van der Waals surface area contributed by atoms with Crippen LogP contribution in [-0.2, 0) is 0 Å². The lowest BCUT2D eigenvalue weighted by molar-refractivity contribution is 0.105. The fourth-order valence-electron chi connectivity index (χ4n) is 4.01. The molecule has 0 bridgehead atoms. The first kappa shape index (κ1) is 13.4. The number of nitrogens with two attached hydrogens (primary N) is 1. The van der Waals surface area contributed by atoms with Gasteiger partial charge in [0.25, 0.3) is 0 Å². The van der Waals surface area contributed by atoms with Crippen molar-refractivity contribution in [1.82, 2.24) is 4.90 Å². The molecule has 100 valence electrons. The van der Waals surface area contributed by atoms with Crippen LogP contribution < -0.4 is 5.73 Å². The van der Waals surface area contributed by atoms with E-state index in [0.29, 0.717) is 5.41 Å². The summed E-state index contributed by atoms with van der Waals surface area (Å²) in [6.45, 7) is 4.54. The largest absolute Gasteiger partial charge is 0.330 e. The molecule has 2 atom stereocenters. The molecule has 2 rings (SSSR count). The van der Waals surface area contributed by atoms with Gasteiger partial charge in [-0.1, -0.05) is 32.6 Å². The summed E-state index contributed by atoms with van der Waals surface area (Å²) in [5, 5.41) is 0. The maximum absolute atomic E-state index is 6.05. The smallest absolute Gasteiger partial charge is 0.00949 e. The first-order chi connectivity index (χ1) is 8.15. The molecule has 0 aliphatic heterocycles. The Morgan fingerprint density at radius 3 is 2.47 bits per heavy atom. The number of nitrogens with zero attached hydrogens (tertiary/aromatic N) is 1. The van der Waals surface area contributed by atoms with E-state index in [1.54, 1.807) is 0 Å². The summed E-state index contributed by atoms with van der Waals surface area (Å²) in [5.41, 5.74) is 6.50. The molecule has 0 heterocycles. The Bertz CT molecular complexity index is 233. The van der Waals surface area contributed by atoms with E-state index in [9.17, 15) is 0 Å². The molecule has 2 nitrogen and oxygen atoms in total. The molecular formula is C15H30N2. The summed E-state index contributed by atoms with van der Waals surface area (Å²) in [7, 11) is 2.33. The maximum Gasteiger partial charge on any atom is 0.00949 e. The Hall–Kier alpha value is -0.0800. The van der Waals surface area contributed by atoms with Gasteiger partial charge in [0, 0.05) is 12.6 Å². The van der Waals surface area contributed by atoms with Crippen molar-refractivity contribution in [2.45, 2.75) is 64.3 Å². The molecule has 0 aromatic rings. The molecule has 0 saturated heterocycles. The maximum atomic E-state index is 6.05. The summed E-state index contributed by atoms with van der Waals surface area (Å²) in [6, 6.07) is 0.822. The van der Waals surface area contributed by atoms with Crippen LogP contribution in [0.1, 0.15) is 58.3 Å². The fraction of sp³-hybridized carbons (Fsp3) is 1.00. The van der Waals surface area contributed by atoms with Crippen molar-refractivity contribution in [1.29, 1.82) is 0 Å². The quantitative estimate of drug-likeness (QED) is 0.816. The van der Waals surface area contributed by atoms with Crippen LogP contribution in [0, 0.1) is 11.3 Å². The second kappa shape index (κ2) is 5.71. The van der Waals surface area contributed by atoms with Crippen LogP contribution in [0.3, 0.4) is 0 Å². The van der Waals surface area contributed by atoms with Gasteiger partial charge in [-0.2, -0.15) is 0 Å². The van der Waals surface area contributed by atoms with E-state index < -0.39 is 0 Å². The zero-order chi connectivity index (χ0) is 12.3. The van der Waals surface area contributed by atoms with Crippen LogP contribution in [0.5, 0.6) is 0 Å². The van der Waals surface area contributed by atoms with Gasteiger partial charge in [-0.05, 0) is 50.6 Å². The van der Waals surface area contributed by atoms with Gasteiger partial charge in [0.05, 0.1) is 0 Å². The van der Waals surface area contributed by atoms with Crippen LogP contribution in [0.15, 0.2) is 0 Å². The molecular weight excluding hydrogens is 208 g/mol. The van der Waals surface area contributed by atoms with Gasteiger partial charge in [-0.25, -0.2) is 0 Å². The highest BCUT2D eigenvalue weighted by atomic mass is 15.1. The van der Waals surface area contributed by atoms with Gasteiger partial charge in [-0.15, -0.1) is 0 Å². The summed E-state index contributed by atoms with van der Waals surface area (Å²) >= 11 is 0. The number of hydrogen-bond acceptors (Lipinski definition) is 2. The van der Waals surface area contributed by atoms with Gasteiger partial charge < -0.3 is 10.6 Å². The highest BCUT2D eigenvalue weighted by Gasteiger charge is 2.35. The second-order valence-electron chi connectivity index (χ2n) is 6.75. The summed E-state index contributed by atoms with van der Waals surface area (Å²) in [6.07, 6.45) is 11.2. The third-order valence-electron chi connectivity index (χ3n) is 5.21. The van der Waals surface area contributed by atoms with Gasteiger partial charge in [-0.3, -0.25) is 0 Å². The Labute approximate surface area is 107 Å². The summed E-state index contributed by atoms with van der Waals surface area (Å²) in [4.78, 5) is 2.63. The van der Waals surface area contributed by atoms with Gasteiger partial charge >= 0.3 is 0 Å². The average Bonchev–Trinajstić information content (AvgIpc) is 2.78. The molecule has 0 radical (unpaired) electrons. The molecule has 2 N–H and O–H groups in total. The Morgan fingerprint density at radius 1 is 1.18 bits per heavy atom. The zero-order valence-corrected chi connectivity index (χ0v) is 11.8. The summed E-state index contributed by atoms with van der Waals surface area (Å²) in [5.74, 6) is 0.925. The van der Waals surface area contributed by atoms with E-state index in [2.05, 4.69) is 18.9 Å². The van der Waals surface area contributed by atoms with Crippen molar-refractivity contribution in [3.63, 3.8) is 0 Å². The van der Waals surface area contributed by atoms with Crippen molar-refractivity contribution < 1.29 is 0 Å².